The average molecular weight is 254 g/mol. The highest BCUT2D eigenvalue weighted by Crippen LogP contribution is 2.33. The minimum atomic E-state index is 0.295. The van der Waals surface area contributed by atoms with Crippen LogP contribution in [0.25, 0.3) is 0 Å². The summed E-state index contributed by atoms with van der Waals surface area (Å²) in [5.41, 5.74) is 4.06. The van der Waals surface area contributed by atoms with Crippen LogP contribution in [-0.4, -0.2) is 30.6 Å². The second-order valence-corrected chi connectivity index (χ2v) is 4.97. The maximum absolute atomic E-state index is 5.13. The van der Waals surface area contributed by atoms with Crippen LogP contribution in [0, 0.1) is 0 Å². The number of aromatic nitrogens is 1. The fourth-order valence-electron chi connectivity index (χ4n) is 2.80. The lowest BCUT2D eigenvalue weighted by Gasteiger charge is -2.34. The molecule has 1 aliphatic heterocycles. The Labute approximate surface area is 113 Å². The van der Waals surface area contributed by atoms with Crippen LogP contribution in [0.5, 0.6) is 5.88 Å². The molecule has 0 bridgehead atoms. The van der Waals surface area contributed by atoms with Gasteiger partial charge in [-0.25, -0.2) is 4.98 Å². The van der Waals surface area contributed by atoms with Gasteiger partial charge in [-0.2, -0.15) is 0 Å². The van der Waals surface area contributed by atoms with E-state index in [1.54, 1.807) is 7.11 Å². The van der Waals surface area contributed by atoms with Crippen LogP contribution in [0.1, 0.15) is 22.7 Å². The first kappa shape index (κ1) is 12.2. The van der Waals surface area contributed by atoms with E-state index < -0.39 is 0 Å². The van der Waals surface area contributed by atoms with Gasteiger partial charge in [-0.1, -0.05) is 30.3 Å². The molecule has 0 amide bonds. The van der Waals surface area contributed by atoms with Crippen LogP contribution in [0.4, 0.5) is 0 Å². The Kier molecular flexibility index (Phi) is 3.22. The quantitative estimate of drug-likeness (QED) is 0.824. The third kappa shape index (κ3) is 2.22. The number of pyridine rings is 1. The van der Waals surface area contributed by atoms with Crippen LogP contribution in [0.15, 0.2) is 42.6 Å². The lowest BCUT2D eigenvalue weighted by Crippen LogP contribution is -2.32. The minimum Gasteiger partial charge on any atom is -0.481 e. The summed E-state index contributed by atoms with van der Waals surface area (Å²) in [5.74, 6) is 0.662. The Morgan fingerprint density at radius 2 is 2.05 bits per heavy atom. The zero-order valence-corrected chi connectivity index (χ0v) is 11.3. The van der Waals surface area contributed by atoms with E-state index in [-0.39, 0.29) is 0 Å². The van der Waals surface area contributed by atoms with Crippen molar-refractivity contribution in [3.8, 4) is 5.88 Å². The van der Waals surface area contributed by atoms with Crippen LogP contribution in [0.2, 0.25) is 0 Å². The van der Waals surface area contributed by atoms with Gasteiger partial charge in [-0.3, -0.25) is 4.90 Å². The molecule has 2 heterocycles. The summed E-state index contributed by atoms with van der Waals surface area (Å²) < 4.78 is 5.13. The monoisotopic (exact) mass is 254 g/mol. The summed E-state index contributed by atoms with van der Waals surface area (Å²) in [5, 5.41) is 0. The Bertz CT molecular complexity index is 565. The Morgan fingerprint density at radius 3 is 2.79 bits per heavy atom. The second kappa shape index (κ2) is 5.02. The first-order valence-corrected chi connectivity index (χ1v) is 6.57. The predicted molar refractivity (Wildman–Crippen MR) is 75.4 cm³/mol. The maximum Gasteiger partial charge on any atom is 0.212 e. The van der Waals surface area contributed by atoms with E-state index in [1.807, 2.05) is 12.3 Å². The highest BCUT2D eigenvalue weighted by atomic mass is 16.5. The van der Waals surface area contributed by atoms with Gasteiger partial charge < -0.3 is 4.74 Å². The molecule has 1 unspecified atom stereocenters. The topological polar surface area (TPSA) is 25.4 Å². The number of ether oxygens (including phenoxy) is 1. The molecular weight excluding hydrogens is 236 g/mol. The van der Waals surface area contributed by atoms with Gasteiger partial charge in [0, 0.05) is 18.8 Å². The van der Waals surface area contributed by atoms with Crippen LogP contribution < -0.4 is 4.74 Å². The summed E-state index contributed by atoms with van der Waals surface area (Å²) in [7, 11) is 3.81. The molecule has 1 atom stereocenters. The number of hydrogen-bond acceptors (Lipinski definition) is 3. The van der Waals surface area contributed by atoms with E-state index in [0.29, 0.717) is 11.9 Å². The van der Waals surface area contributed by atoms with Crippen molar-refractivity contribution in [2.45, 2.75) is 12.5 Å². The molecule has 0 spiro atoms. The van der Waals surface area contributed by atoms with E-state index in [2.05, 4.69) is 47.3 Å². The molecule has 3 heteroatoms. The van der Waals surface area contributed by atoms with Gasteiger partial charge in [-0.05, 0) is 30.2 Å². The molecule has 3 rings (SSSR count). The molecule has 0 fully saturated rings. The third-order valence-electron chi connectivity index (χ3n) is 3.81. The molecule has 98 valence electrons. The number of rotatable bonds is 2. The van der Waals surface area contributed by atoms with Crippen molar-refractivity contribution < 1.29 is 4.74 Å². The summed E-state index contributed by atoms with van der Waals surface area (Å²) >= 11 is 0. The first-order valence-electron chi connectivity index (χ1n) is 6.57. The first-order chi connectivity index (χ1) is 9.29. The smallest absolute Gasteiger partial charge is 0.212 e. The van der Waals surface area contributed by atoms with Gasteiger partial charge in [0.25, 0.3) is 0 Å². The fourth-order valence-corrected chi connectivity index (χ4v) is 2.80. The number of fused-ring (bicyclic) bond motifs is 1. The highest BCUT2D eigenvalue weighted by molar-refractivity contribution is 5.39. The molecule has 1 aromatic heterocycles. The molecule has 1 aromatic carbocycles. The zero-order chi connectivity index (χ0) is 13.2. The van der Waals surface area contributed by atoms with Crippen molar-refractivity contribution in [1.82, 2.24) is 9.88 Å². The van der Waals surface area contributed by atoms with Crippen molar-refractivity contribution in [2.24, 2.45) is 0 Å². The molecule has 0 saturated heterocycles. The minimum absolute atomic E-state index is 0.295. The SMILES string of the molecule is COc1ccc(C2c3ccccc3CCN2C)cn1. The molecule has 0 N–H and O–H groups in total. The van der Waals surface area contributed by atoms with Crippen LogP contribution >= 0.6 is 0 Å². The van der Waals surface area contributed by atoms with Crippen molar-refractivity contribution in [3.05, 3.63) is 59.3 Å². The molecule has 0 radical (unpaired) electrons. The van der Waals surface area contributed by atoms with Gasteiger partial charge in [0.15, 0.2) is 0 Å². The number of nitrogens with zero attached hydrogens (tertiary/aromatic N) is 2. The number of hydrogen-bond donors (Lipinski definition) is 0. The summed E-state index contributed by atoms with van der Waals surface area (Å²) in [6.07, 6.45) is 3.04. The van der Waals surface area contributed by atoms with E-state index in [4.69, 9.17) is 4.74 Å². The Hall–Kier alpha value is -1.87. The van der Waals surface area contributed by atoms with Gasteiger partial charge >= 0.3 is 0 Å². The summed E-state index contributed by atoms with van der Waals surface area (Å²) in [6, 6.07) is 13.0. The molecule has 3 nitrogen and oxygen atoms in total. The number of likely N-dealkylation sites (N-methyl/N-ethyl adjacent to an activating group) is 1. The van der Waals surface area contributed by atoms with Crippen molar-refractivity contribution in [1.29, 1.82) is 0 Å². The molecule has 1 aliphatic rings. The van der Waals surface area contributed by atoms with E-state index in [1.165, 1.54) is 16.7 Å². The largest absolute Gasteiger partial charge is 0.481 e. The Balaban J connectivity index is 2.02. The van der Waals surface area contributed by atoms with E-state index >= 15 is 0 Å². The van der Waals surface area contributed by atoms with Gasteiger partial charge in [0.2, 0.25) is 5.88 Å². The van der Waals surface area contributed by atoms with Gasteiger partial charge in [-0.15, -0.1) is 0 Å². The lowest BCUT2D eigenvalue weighted by molar-refractivity contribution is 0.264. The predicted octanol–water partition coefficient (Wildman–Crippen LogP) is 2.67. The molecule has 2 aromatic rings. The fraction of sp³-hybridized carbons (Fsp3) is 0.312. The second-order valence-electron chi connectivity index (χ2n) is 4.97. The number of methoxy groups -OCH3 is 1. The maximum atomic E-state index is 5.13. The molecule has 0 aliphatic carbocycles. The van der Waals surface area contributed by atoms with E-state index in [9.17, 15) is 0 Å². The highest BCUT2D eigenvalue weighted by Gasteiger charge is 2.25. The third-order valence-corrected chi connectivity index (χ3v) is 3.81. The normalized spacial score (nSPS) is 18.9. The van der Waals surface area contributed by atoms with Crippen molar-refractivity contribution >= 4 is 0 Å². The van der Waals surface area contributed by atoms with Crippen molar-refractivity contribution in [2.75, 3.05) is 20.7 Å². The van der Waals surface area contributed by atoms with Gasteiger partial charge in [0.05, 0.1) is 13.2 Å². The van der Waals surface area contributed by atoms with Crippen LogP contribution in [-0.2, 0) is 6.42 Å². The van der Waals surface area contributed by atoms with Crippen molar-refractivity contribution in [3.63, 3.8) is 0 Å². The summed E-state index contributed by atoms with van der Waals surface area (Å²) in [6.45, 7) is 1.08. The summed E-state index contributed by atoms with van der Waals surface area (Å²) in [4.78, 5) is 6.71. The standard InChI is InChI=1S/C16H18N2O/c1-18-10-9-12-5-3-4-6-14(12)16(18)13-7-8-15(19-2)17-11-13/h3-8,11,16H,9-10H2,1-2H3. The van der Waals surface area contributed by atoms with Gasteiger partial charge in [0.1, 0.15) is 0 Å². The molecule has 0 saturated carbocycles. The molecule has 19 heavy (non-hydrogen) atoms. The average Bonchev–Trinajstić information content (AvgIpc) is 2.47. The van der Waals surface area contributed by atoms with E-state index in [0.717, 1.165) is 13.0 Å². The molecular formula is C16H18N2O. The Morgan fingerprint density at radius 1 is 1.21 bits per heavy atom. The van der Waals surface area contributed by atoms with Crippen LogP contribution in [0.3, 0.4) is 0 Å². The number of benzene rings is 1. The zero-order valence-electron chi connectivity index (χ0n) is 11.3. The lowest BCUT2D eigenvalue weighted by atomic mass is 9.89.